The molecule has 134 valence electrons. The molecule has 0 aliphatic heterocycles. The van der Waals surface area contributed by atoms with E-state index in [4.69, 9.17) is 9.94 Å². The molecular weight excluding hydrogens is 342 g/mol. The molecule has 3 N–H and O–H groups in total. The number of hydrogen-bond acceptors (Lipinski definition) is 4. The maximum atomic E-state index is 11.6. The number of hydroxylamine groups is 1. The summed E-state index contributed by atoms with van der Waals surface area (Å²) in [4.78, 5) is 19.4. The van der Waals surface area contributed by atoms with Crippen LogP contribution in [0.3, 0.4) is 0 Å². The number of carbonyl (C=O) groups is 1. The van der Waals surface area contributed by atoms with Crippen LogP contribution in [-0.4, -0.2) is 28.2 Å². The van der Waals surface area contributed by atoms with Crippen LogP contribution in [0.4, 0.5) is 0 Å². The average molecular weight is 359 g/mol. The molecule has 0 bridgehead atoms. The van der Waals surface area contributed by atoms with E-state index >= 15 is 0 Å². The molecule has 4 rings (SSSR count). The second-order valence-electron chi connectivity index (χ2n) is 6.07. The summed E-state index contributed by atoms with van der Waals surface area (Å²) in [6, 6.07) is 20.9. The Morgan fingerprint density at radius 1 is 1.00 bits per heavy atom. The number of benzene rings is 3. The molecule has 0 saturated heterocycles. The predicted molar refractivity (Wildman–Crippen MR) is 103 cm³/mol. The highest BCUT2D eigenvalue weighted by Gasteiger charge is 2.10. The van der Waals surface area contributed by atoms with Gasteiger partial charge in [-0.15, -0.1) is 0 Å². The van der Waals surface area contributed by atoms with E-state index in [1.54, 1.807) is 30.8 Å². The molecule has 0 fully saturated rings. The van der Waals surface area contributed by atoms with Crippen molar-refractivity contribution in [3.8, 4) is 28.3 Å². The van der Waals surface area contributed by atoms with Gasteiger partial charge in [0.05, 0.1) is 18.1 Å². The van der Waals surface area contributed by atoms with Crippen LogP contribution in [0.25, 0.3) is 33.5 Å². The third kappa shape index (κ3) is 3.26. The second-order valence-corrected chi connectivity index (χ2v) is 6.07. The van der Waals surface area contributed by atoms with Crippen LogP contribution < -0.4 is 10.2 Å². The number of imidazole rings is 1. The van der Waals surface area contributed by atoms with E-state index < -0.39 is 5.91 Å². The first-order chi connectivity index (χ1) is 13.2. The van der Waals surface area contributed by atoms with Crippen LogP contribution in [0.15, 0.2) is 66.7 Å². The first-order valence-corrected chi connectivity index (χ1v) is 8.37. The summed E-state index contributed by atoms with van der Waals surface area (Å²) in [5.41, 5.74) is 6.54. The van der Waals surface area contributed by atoms with Crippen molar-refractivity contribution in [1.82, 2.24) is 15.4 Å². The van der Waals surface area contributed by atoms with E-state index in [0.29, 0.717) is 11.4 Å². The highest BCUT2D eigenvalue weighted by molar-refractivity contribution is 5.97. The van der Waals surface area contributed by atoms with Crippen molar-refractivity contribution in [3.05, 3.63) is 72.3 Å². The van der Waals surface area contributed by atoms with Crippen LogP contribution in [0, 0.1) is 0 Å². The molecule has 0 atom stereocenters. The highest BCUT2D eigenvalue weighted by atomic mass is 16.5. The first-order valence-electron chi connectivity index (χ1n) is 8.37. The molecule has 4 aromatic rings. The summed E-state index contributed by atoms with van der Waals surface area (Å²) in [6.45, 7) is 0. The van der Waals surface area contributed by atoms with Crippen molar-refractivity contribution in [1.29, 1.82) is 0 Å². The summed E-state index contributed by atoms with van der Waals surface area (Å²) >= 11 is 0. The molecule has 0 radical (unpaired) electrons. The van der Waals surface area contributed by atoms with Gasteiger partial charge in [0.1, 0.15) is 11.6 Å². The molecular formula is C21H17N3O3. The molecule has 0 saturated carbocycles. The topological polar surface area (TPSA) is 87.2 Å². The predicted octanol–water partition coefficient (Wildman–Crippen LogP) is 4.02. The fourth-order valence-corrected chi connectivity index (χ4v) is 2.98. The smallest absolute Gasteiger partial charge is 0.274 e. The Bertz CT molecular complexity index is 1120. The number of ether oxygens (including phenoxy) is 1. The number of amides is 1. The number of fused-ring (bicyclic) bond motifs is 1. The normalized spacial score (nSPS) is 10.7. The van der Waals surface area contributed by atoms with Gasteiger partial charge < -0.3 is 9.72 Å². The summed E-state index contributed by atoms with van der Waals surface area (Å²) in [7, 11) is 1.65. The van der Waals surface area contributed by atoms with Crippen LogP contribution in [-0.2, 0) is 0 Å². The number of aromatic amines is 1. The molecule has 6 heteroatoms. The van der Waals surface area contributed by atoms with Gasteiger partial charge >= 0.3 is 0 Å². The Morgan fingerprint density at radius 3 is 2.52 bits per heavy atom. The minimum Gasteiger partial charge on any atom is -0.497 e. The van der Waals surface area contributed by atoms with E-state index in [2.05, 4.69) is 16.0 Å². The minimum atomic E-state index is -0.561. The largest absolute Gasteiger partial charge is 0.497 e. The van der Waals surface area contributed by atoms with Crippen molar-refractivity contribution >= 4 is 16.9 Å². The molecule has 27 heavy (non-hydrogen) atoms. The molecule has 1 aromatic heterocycles. The zero-order valence-corrected chi connectivity index (χ0v) is 14.6. The molecule has 0 spiro atoms. The van der Waals surface area contributed by atoms with Crippen molar-refractivity contribution in [2.75, 3.05) is 7.11 Å². The number of nitrogens with zero attached hydrogens (tertiary/aromatic N) is 1. The van der Waals surface area contributed by atoms with Gasteiger partial charge in [-0.3, -0.25) is 10.0 Å². The Morgan fingerprint density at radius 2 is 1.78 bits per heavy atom. The standard InChI is InChI=1S/C21H17N3O3/c1-27-17-8-5-13(6-9-17)14-3-2-4-15(11-14)20-22-18-10-7-16(21(25)24-26)12-19(18)23-20/h2-12,26H,1H3,(H,22,23)(H,24,25). The molecule has 1 amide bonds. The lowest BCUT2D eigenvalue weighted by atomic mass is 10.0. The summed E-state index contributed by atoms with van der Waals surface area (Å²) in [5, 5.41) is 8.78. The van der Waals surface area contributed by atoms with Crippen molar-refractivity contribution < 1.29 is 14.7 Å². The summed E-state index contributed by atoms with van der Waals surface area (Å²) < 4.78 is 5.21. The lowest BCUT2D eigenvalue weighted by Crippen LogP contribution is -2.18. The Labute approximate surface area is 155 Å². The number of methoxy groups -OCH3 is 1. The number of rotatable bonds is 4. The summed E-state index contributed by atoms with van der Waals surface area (Å²) in [6.07, 6.45) is 0. The lowest BCUT2D eigenvalue weighted by molar-refractivity contribution is 0.0706. The molecule has 6 nitrogen and oxygen atoms in total. The lowest BCUT2D eigenvalue weighted by Gasteiger charge is -2.05. The van der Waals surface area contributed by atoms with Gasteiger partial charge in [-0.05, 0) is 47.5 Å². The van der Waals surface area contributed by atoms with E-state index in [1.165, 1.54) is 0 Å². The SMILES string of the molecule is COc1ccc(-c2cccc(-c3nc4ccc(C(=O)NO)cc4[nH]3)c2)cc1. The van der Waals surface area contributed by atoms with Gasteiger partial charge in [0.25, 0.3) is 5.91 Å². The Hall–Kier alpha value is -3.64. The van der Waals surface area contributed by atoms with E-state index in [1.807, 2.05) is 42.5 Å². The van der Waals surface area contributed by atoms with Gasteiger partial charge in [-0.2, -0.15) is 0 Å². The van der Waals surface area contributed by atoms with E-state index in [9.17, 15) is 4.79 Å². The van der Waals surface area contributed by atoms with Gasteiger partial charge in [-0.1, -0.05) is 30.3 Å². The zero-order chi connectivity index (χ0) is 18.8. The zero-order valence-electron chi connectivity index (χ0n) is 14.6. The first kappa shape index (κ1) is 16.8. The van der Waals surface area contributed by atoms with Crippen molar-refractivity contribution in [3.63, 3.8) is 0 Å². The number of carbonyl (C=O) groups excluding carboxylic acids is 1. The number of hydrogen-bond donors (Lipinski definition) is 3. The van der Waals surface area contributed by atoms with Crippen LogP contribution in [0.5, 0.6) is 5.75 Å². The fraction of sp³-hybridized carbons (Fsp3) is 0.0476. The van der Waals surface area contributed by atoms with E-state index in [-0.39, 0.29) is 0 Å². The number of H-pyrrole nitrogens is 1. The average Bonchev–Trinajstić information content (AvgIpc) is 3.17. The highest BCUT2D eigenvalue weighted by Crippen LogP contribution is 2.27. The number of aromatic nitrogens is 2. The molecule has 3 aromatic carbocycles. The van der Waals surface area contributed by atoms with Gasteiger partial charge in [0.2, 0.25) is 0 Å². The summed E-state index contributed by atoms with van der Waals surface area (Å²) in [5.74, 6) is 0.964. The molecule has 0 unspecified atom stereocenters. The van der Waals surface area contributed by atoms with Gasteiger partial charge in [-0.25, -0.2) is 10.5 Å². The monoisotopic (exact) mass is 359 g/mol. The molecule has 0 aliphatic carbocycles. The third-order valence-electron chi connectivity index (χ3n) is 4.40. The maximum Gasteiger partial charge on any atom is 0.274 e. The third-order valence-corrected chi connectivity index (χ3v) is 4.40. The minimum absolute atomic E-state index is 0.354. The van der Waals surface area contributed by atoms with E-state index in [0.717, 1.165) is 33.5 Å². The quantitative estimate of drug-likeness (QED) is 0.379. The van der Waals surface area contributed by atoms with Crippen molar-refractivity contribution in [2.24, 2.45) is 0 Å². The van der Waals surface area contributed by atoms with Crippen LogP contribution in [0.2, 0.25) is 0 Å². The van der Waals surface area contributed by atoms with Crippen LogP contribution >= 0.6 is 0 Å². The number of nitrogens with one attached hydrogen (secondary N) is 2. The maximum absolute atomic E-state index is 11.6. The molecule has 1 heterocycles. The fourth-order valence-electron chi connectivity index (χ4n) is 2.98. The van der Waals surface area contributed by atoms with Crippen molar-refractivity contribution in [2.45, 2.75) is 0 Å². The molecule has 0 aliphatic rings. The van der Waals surface area contributed by atoms with Gasteiger partial charge in [0, 0.05) is 11.1 Å². The van der Waals surface area contributed by atoms with Crippen LogP contribution in [0.1, 0.15) is 10.4 Å². The second kappa shape index (κ2) is 6.93. The Kier molecular flexibility index (Phi) is 4.32. The Balaban J connectivity index is 1.71. The van der Waals surface area contributed by atoms with Gasteiger partial charge in [0.15, 0.2) is 0 Å².